The van der Waals surface area contributed by atoms with Crippen molar-refractivity contribution in [2.24, 2.45) is 0 Å². The Hall–Kier alpha value is -2.77. The van der Waals surface area contributed by atoms with E-state index in [1.165, 1.54) is 7.05 Å². The average molecular weight is 620 g/mol. The lowest BCUT2D eigenvalue weighted by atomic mass is 10.1. The van der Waals surface area contributed by atoms with E-state index in [1.54, 1.807) is 20.8 Å². The highest BCUT2D eigenvalue weighted by atomic mass is 32.2. The number of hydrogen-bond donors (Lipinski definition) is 0. The van der Waals surface area contributed by atoms with Gasteiger partial charge in [-0.15, -0.1) is 0 Å². The van der Waals surface area contributed by atoms with Crippen LogP contribution in [0.2, 0.25) is 0 Å². The standard InChI is InChI=1S/C20H33N3O13S3/c1-20(2,3)34-19(25)23(4)13(11-9-10-12-33-37(6,26)27)16-21-14(18(24)32-5)15(35-38(7,28)29)17(22-16)36-39(8,30)31/h13H,9-12H2,1-8H3. The fourth-order valence-electron chi connectivity index (χ4n) is 2.86. The largest absolute Gasteiger partial charge is 0.464 e. The highest BCUT2D eigenvalue weighted by Gasteiger charge is 2.34. The zero-order chi connectivity index (χ0) is 30.4. The van der Waals surface area contributed by atoms with Crippen molar-refractivity contribution in [3.8, 4) is 11.6 Å². The summed E-state index contributed by atoms with van der Waals surface area (Å²) < 4.78 is 94.3. The van der Waals surface area contributed by atoms with E-state index in [1.807, 2.05) is 0 Å². The molecule has 16 nitrogen and oxygen atoms in total. The van der Waals surface area contributed by atoms with Gasteiger partial charge < -0.3 is 22.7 Å². The second-order valence-electron chi connectivity index (χ2n) is 9.26. The summed E-state index contributed by atoms with van der Waals surface area (Å²) in [5.41, 5.74) is -1.70. The first-order valence-electron chi connectivity index (χ1n) is 11.1. The molecule has 1 heterocycles. The van der Waals surface area contributed by atoms with Gasteiger partial charge in [0.25, 0.3) is 16.0 Å². The van der Waals surface area contributed by atoms with Crippen LogP contribution in [-0.2, 0) is 44.0 Å². The number of amides is 1. The minimum Gasteiger partial charge on any atom is -0.464 e. The van der Waals surface area contributed by atoms with Crippen LogP contribution in [0.15, 0.2) is 0 Å². The van der Waals surface area contributed by atoms with Crippen molar-refractivity contribution >= 4 is 42.4 Å². The summed E-state index contributed by atoms with van der Waals surface area (Å²) in [5, 5.41) is 0. The molecule has 1 amide bonds. The van der Waals surface area contributed by atoms with Crippen molar-refractivity contribution in [1.29, 1.82) is 0 Å². The SMILES string of the molecule is COC(=O)c1nc(C(CCCCOS(C)(=O)=O)N(C)C(=O)OC(C)(C)C)nc(OS(C)(=O)=O)c1OS(C)(=O)=O. The van der Waals surface area contributed by atoms with E-state index in [4.69, 9.17) is 17.3 Å². The van der Waals surface area contributed by atoms with Gasteiger partial charge in [0.1, 0.15) is 5.60 Å². The Kier molecular flexibility index (Phi) is 11.5. The van der Waals surface area contributed by atoms with Gasteiger partial charge in [0.2, 0.25) is 5.75 Å². The first kappa shape index (κ1) is 34.3. The molecular weight excluding hydrogens is 586 g/mol. The minimum absolute atomic E-state index is 0.0358. The summed E-state index contributed by atoms with van der Waals surface area (Å²) >= 11 is 0. The Bertz CT molecular complexity index is 1370. The molecular formula is C20H33N3O13S3. The van der Waals surface area contributed by atoms with Crippen LogP contribution in [0.1, 0.15) is 62.4 Å². The summed E-state index contributed by atoms with van der Waals surface area (Å²) in [4.78, 5) is 34.5. The Morgan fingerprint density at radius 1 is 0.897 bits per heavy atom. The molecule has 1 unspecified atom stereocenters. The third kappa shape index (κ3) is 12.8. The highest BCUT2D eigenvalue weighted by Crippen LogP contribution is 2.35. The van der Waals surface area contributed by atoms with Crippen molar-refractivity contribution in [3.63, 3.8) is 0 Å². The Balaban J connectivity index is 3.72. The van der Waals surface area contributed by atoms with E-state index < -0.39 is 71.4 Å². The number of hydrogen-bond acceptors (Lipinski definition) is 15. The van der Waals surface area contributed by atoms with E-state index in [-0.39, 0.29) is 31.7 Å². The van der Waals surface area contributed by atoms with Gasteiger partial charge in [-0.25, -0.2) is 14.6 Å². The van der Waals surface area contributed by atoms with Gasteiger partial charge in [-0.3, -0.25) is 4.18 Å². The molecule has 1 rings (SSSR count). The number of carbonyl (C=O) groups excluding carboxylic acids is 2. The number of rotatable bonds is 13. The molecule has 224 valence electrons. The zero-order valence-electron chi connectivity index (χ0n) is 22.8. The van der Waals surface area contributed by atoms with Crippen LogP contribution in [0.5, 0.6) is 11.6 Å². The van der Waals surface area contributed by atoms with E-state index in [2.05, 4.69) is 14.7 Å². The van der Waals surface area contributed by atoms with Gasteiger partial charge in [-0.05, 0) is 40.0 Å². The van der Waals surface area contributed by atoms with Gasteiger partial charge in [0, 0.05) is 7.05 Å². The normalized spacial score (nSPS) is 13.3. The van der Waals surface area contributed by atoms with Crippen molar-refractivity contribution in [2.45, 2.75) is 51.7 Å². The van der Waals surface area contributed by atoms with Crippen LogP contribution in [0.3, 0.4) is 0 Å². The molecule has 0 aliphatic heterocycles. The molecule has 0 aliphatic rings. The number of methoxy groups -OCH3 is 1. The molecule has 1 aromatic heterocycles. The lowest BCUT2D eigenvalue weighted by Crippen LogP contribution is -2.37. The molecule has 0 fully saturated rings. The molecule has 0 spiro atoms. The fraction of sp³-hybridized carbons (Fsp3) is 0.700. The van der Waals surface area contributed by atoms with Crippen molar-refractivity contribution in [1.82, 2.24) is 14.9 Å². The molecule has 0 bridgehead atoms. The van der Waals surface area contributed by atoms with Gasteiger partial charge in [0.05, 0.1) is 38.5 Å². The second-order valence-corrected chi connectivity index (χ2v) is 14.1. The monoisotopic (exact) mass is 619 g/mol. The van der Waals surface area contributed by atoms with Crippen LogP contribution in [0.25, 0.3) is 0 Å². The van der Waals surface area contributed by atoms with Gasteiger partial charge in [-0.2, -0.15) is 30.2 Å². The highest BCUT2D eigenvalue weighted by molar-refractivity contribution is 7.86. The van der Waals surface area contributed by atoms with Crippen LogP contribution >= 0.6 is 0 Å². The van der Waals surface area contributed by atoms with E-state index >= 15 is 0 Å². The number of esters is 1. The van der Waals surface area contributed by atoms with Gasteiger partial charge >= 0.3 is 32.3 Å². The van der Waals surface area contributed by atoms with Gasteiger partial charge in [0.15, 0.2) is 11.5 Å². The molecule has 0 aromatic carbocycles. The van der Waals surface area contributed by atoms with Crippen LogP contribution in [0.4, 0.5) is 4.79 Å². The maximum atomic E-state index is 12.9. The van der Waals surface area contributed by atoms with Crippen molar-refractivity contribution in [3.05, 3.63) is 11.5 Å². The molecule has 0 radical (unpaired) electrons. The topological polar surface area (TPSA) is 212 Å². The molecule has 0 aliphatic carbocycles. The number of nitrogens with zero attached hydrogens (tertiary/aromatic N) is 3. The first-order chi connectivity index (χ1) is 17.5. The third-order valence-corrected chi connectivity index (χ3v) is 5.84. The maximum absolute atomic E-state index is 12.9. The quantitative estimate of drug-likeness (QED) is 0.171. The van der Waals surface area contributed by atoms with Crippen LogP contribution in [0, 0.1) is 0 Å². The molecule has 1 atom stereocenters. The number of unbranched alkanes of at least 4 members (excludes halogenated alkanes) is 1. The van der Waals surface area contributed by atoms with Crippen LogP contribution in [-0.4, -0.2) is 97.3 Å². The summed E-state index contributed by atoms with van der Waals surface area (Å²) in [6.45, 7) is 4.70. The smallest absolute Gasteiger partial charge is 0.410 e. The lowest BCUT2D eigenvalue weighted by molar-refractivity contribution is 0.0200. The third-order valence-electron chi connectivity index (χ3n) is 4.31. The Morgan fingerprint density at radius 2 is 1.46 bits per heavy atom. The molecule has 0 saturated carbocycles. The average Bonchev–Trinajstić information content (AvgIpc) is 2.72. The van der Waals surface area contributed by atoms with E-state index in [9.17, 15) is 34.8 Å². The lowest BCUT2D eigenvalue weighted by Gasteiger charge is -2.30. The fourth-order valence-corrected chi connectivity index (χ4v) is 4.14. The number of ether oxygens (including phenoxy) is 2. The molecule has 1 aromatic rings. The summed E-state index contributed by atoms with van der Waals surface area (Å²) in [6.07, 6.45) is 1.79. The van der Waals surface area contributed by atoms with Crippen molar-refractivity contribution < 1.29 is 56.9 Å². The minimum atomic E-state index is -4.35. The first-order valence-corrected chi connectivity index (χ1v) is 16.6. The number of aromatic nitrogens is 2. The van der Waals surface area contributed by atoms with Crippen LogP contribution < -0.4 is 8.37 Å². The predicted molar refractivity (Wildman–Crippen MR) is 136 cm³/mol. The van der Waals surface area contributed by atoms with Gasteiger partial charge in [-0.1, -0.05) is 0 Å². The van der Waals surface area contributed by atoms with E-state index in [0.717, 1.165) is 18.3 Å². The van der Waals surface area contributed by atoms with Crippen molar-refractivity contribution in [2.75, 3.05) is 39.5 Å². The molecule has 0 saturated heterocycles. The summed E-state index contributed by atoms with van der Waals surface area (Å²) in [6, 6.07) is -1.12. The number of carbonyl (C=O) groups is 2. The molecule has 19 heteroatoms. The Labute approximate surface area is 228 Å². The summed E-state index contributed by atoms with van der Waals surface area (Å²) in [7, 11) is -10.1. The van der Waals surface area contributed by atoms with E-state index in [0.29, 0.717) is 12.5 Å². The zero-order valence-corrected chi connectivity index (χ0v) is 25.2. The summed E-state index contributed by atoms with van der Waals surface area (Å²) in [5.74, 6) is -3.47. The maximum Gasteiger partial charge on any atom is 0.410 e. The molecule has 0 N–H and O–H groups in total. The second kappa shape index (κ2) is 13.1. The predicted octanol–water partition coefficient (Wildman–Crippen LogP) is 0.995. The molecule has 39 heavy (non-hydrogen) atoms. The Morgan fingerprint density at radius 3 is 1.92 bits per heavy atom.